The topological polar surface area (TPSA) is 116 Å². The second-order valence-electron chi connectivity index (χ2n) is 2.29. The number of aliphatic hydroxyl groups is 2. The van der Waals surface area contributed by atoms with Crippen molar-refractivity contribution in [1.82, 2.24) is 0 Å². The maximum Gasteiger partial charge on any atom is 2.00 e. The molecule has 7 heteroatoms. The fraction of sp³-hybridized carbons (Fsp3) is 1.00. The third-order valence-electron chi connectivity index (χ3n) is 1.06. The average molecular weight is 268 g/mol. The SMILES string of the molecule is [Cu+2].[NH-]CC[N-]CCO.[NH-]CC[N-]CCO. The van der Waals surface area contributed by atoms with Crippen LogP contribution in [0.25, 0.3) is 22.1 Å². The van der Waals surface area contributed by atoms with Gasteiger partial charge in [-0.25, -0.2) is 0 Å². The molecule has 0 atom stereocenters. The van der Waals surface area contributed by atoms with E-state index >= 15 is 0 Å². The van der Waals surface area contributed by atoms with E-state index in [9.17, 15) is 0 Å². The Labute approximate surface area is 102 Å². The van der Waals surface area contributed by atoms with Gasteiger partial charge in [-0.15, -0.1) is 13.1 Å². The van der Waals surface area contributed by atoms with E-state index in [2.05, 4.69) is 10.6 Å². The molecular formula is C8H20CuN4O2-2. The minimum absolute atomic E-state index is 0. The first kappa shape index (κ1) is 20.7. The van der Waals surface area contributed by atoms with E-state index in [1.165, 1.54) is 0 Å². The van der Waals surface area contributed by atoms with E-state index in [4.69, 9.17) is 21.7 Å². The zero-order valence-corrected chi connectivity index (χ0v) is 9.69. The van der Waals surface area contributed by atoms with E-state index in [1.54, 1.807) is 0 Å². The van der Waals surface area contributed by atoms with E-state index in [0.717, 1.165) is 0 Å². The van der Waals surface area contributed by atoms with Crippen LogP contribution in [0.2, 0.25) is 0 Å². The summed E-state index contributed by atoms with van der Waals surface area (Å²) in [6.45, 7) is 2.97. The number of hydrogen-bond acceptors (Lipinski definition) is 2. The van der Waals surface area contributed by atoms with Crippen LogP contribution in [0.3, 0.4) is 0 Å². The van der Waals surface area contributed by atoms with Gasteiger partial charge in [-0.05, 0) is 0 Å². The van der Waals surface area contributed by atoms with Crippen molar-refractivity contribution in [2.24, 2.45) is 0 Å². The summed E-state index contributed by atoms with van der Waals surface area (Å²) in [5, 5.41) is 23.8. The standard InChI is InChI=1S/2C4H10N2O.Cu/c2*5-1-2-6-3-4-7;/h2*5,7H,1-4H2;/q2*-2;+2. The van der Waals surface area contributed by atoms with Crippen molar-refractivity contribution >= 4 is 0 Å². The van der Waals surface area contributed by atoms with Crippen LogP contribution in [0, 0.1) is 0 Å². The van der Waals surface area contributed by atoms with Crippen LogP contribution in [0.15, 0.2) is 0 Å². The molecule has 0 saturated carbocycles. The van der Waals surface area contributed by atoms with E-state index in [-0.39, 0.29) is 30.3 Å². The Hall–Kier alpha value is 0.279. The van der Waals surface area contributed by atoms with Crippen molar-refractivity contribution in [3.8, 4) is 0 Å². The van der Waals surface area contributed by atoms with E-state index in [1.807, 2.05) is 0 Å². The first-order valence-electron chi connectivity index (χ1n) is 4.60. The van der Waals surface area contributed by atoms with Crippen molar-refractivity contribution in [2.75, 3.05) is 52.5 Å². The van der Waals surface area contributed by atoms with Crippen LogP contribution in [-0.4, -0.2) is 62.7 Å². The molecule has 0 spiro atoms. The van der Waals surface area contributed by atoms with Crippen LogP contribution in [-0.2, 0) is 17.1 Å². The molecule has 0 saturated heterocycles. The van der Waals surface area contributed by atoms with Crippen LogP contribution >= 0.6 is 0 Å². The van der Waals surface area contributed by atoms with Gasteiger partial charge in [-0.1, -0.05) is 0 Å². The van der Waals surface area contributed by atoms with Crippen molar-refractivity contribution in [2.45, 2.75) is 0 Å². The Morgan fingerprint density at radius 3 is 1.27 bits per heavy atom. The molecule has 0 fully saturated rings. The molecule has 0 aliphatic carbocycles. The van der Waals surface area contributed by atoms with Crippen molar-refractivity contribution in [1.29, 1.82) is 0 Å². The van der Waals surface area contributed by atoms with Gasteiger partial charge in [0.1, 0.15) is 0 Å². The van der Waals surface area contributed by atoms with Crippen molar-refractivity contribution < 1.29 is 27.3 Å². The maximum absolute atomic E-state index is 8.14. The van der Waals surface area contributed by atoms with Gasteiger partial charge in [-0.2, -0.15) is 26.2 Å². The van der Waals surface area contributed by atoms with Gasteiger partial charge in [0.2, 0.25) is 0 Å². The molecule has 0 aliphatic rings. The molecule has 0 heterocycles. The fourth-order valence-corrected chi connectivity index (χ4v) is 0.523. The zero-order chi connectivity index (χ0) is 11.1. The Kier molecular flexibility index (Phi) is 32.8. The summed E-state index contributed by atoms with van der Waals surface area (Å²) >= 11 is 0. The molecule has 1 radical (unpaired) electrons. The number of aliphatic hydroxyl groups excluding tert-OH is 2. The predicted octanol–water partition coefficient (Wildman–Crippen LogP) is 0.807. The minimum atomic E-state index is 0. The zero-order valence-electron chi connectivity index (χ0n) is 8.75. The summed E-state index contributed by atoms with van der Waals surface area (Å²) in [6.07, 6.45) is 0. The van der Waals surface area contributed by atoms with Crippen LogP contribution in [0.1, 0.15) is 0 Å². The quantitative estimate of drug-likeness (QED) is 0.500. The minimum Gasteiger partial charge on any atom is -0.679 e. The van der Waals surface area contributed by atoms with Gasteiger partial charge in [0, 0.05) is 13.2 Å². The Morgan fingerprint density at radius 1 is 0.733 bits per heavy atom. The van der Waals surface area contributed by atoms with Gasteiger partial charge in [0.15, 0.2) is 0 Å². The second kappa shape index (κ2) is 23.8. The smallest absolute Gasteiger partial charge is 0.679 e. The third kappa shape index (κ3) is 31.4. The fourth-order valence-electron chi connectivity index (χ4n) is 0.523. The Balaban J connectivity index is -0.000000180. The Bertz CT molecular complexity index is 73.0. The predicted molar refractivity (Wildman–Crippen MR) is 58.7 cm³/mol. The second-order valence-corrected chi connectivity index (χ2v) is 2.29. The third-order valence-corrected chi connectivity index (χ3v) is 1.06. The molecule has 0 unspecified atom stereocenters. The largest absolute Gasteiger partial charge is 2.00 e. The molecule has 15 heavy (non-hydrogen) atoms. The van der Waals surface area contributed by atoms with Gasteiger partial charge in [0.25, 0.3) is 0 Å². The average Bonchev–Trinajstić information content (AvgIpc) is 2.21. The molecule has 0 aromatic carbocycles. The molecule has 4 N–H and O–H groups in total. The number of nitrogens with zero attached hydrogens (tertiary/aromatic N) is 2. The first-order chi connectivity index (χ1) is 6.83. The monoisotopic (exact) mass is 267 g/mol. The number of nitrogens with one attached hydrogen (secondary N) is 2. The molecule has 0 amide bonds. The molecule has 0 bridgehead atoms. The number of hydrogen-bond donors (Lipinski definition) is 2. The van der Waals surface area contributed by atoms with Gasteiger partial charge in [0.05, 0.1) is 0 Å². The first-order valence-corrected chi connectivity index (χ1v) is 4.60. The van der Waals surface area contributed by atoms with Gasteiger partial charge < -0.3 is 32.3 Å². The molecule has 0 aromatic heterocycles. The van der Waals surface area contributed by atoms with E-state index < -0.39 is 0 Å². The summed E-state index contributed by atoms with van der Waals surface area (Å²) < 4.78 is 0. The summed E-state index contributed by atoms with van der Waals surface area (Å²) in [5.74, 6) is 0. The summed E-state index contributed by atoms with van der Waals surface area (Å²) in [4.78, 5) is 0. The molecule has 0 aliphatic heterocycles. The summed E-state index contributed by atoms with van der Waals surface area (Å²) in [7, 11) is 0. The molecule has 6 nitrogen and oxygen atoms in total. The van der Waals surface area contributed by atoms with Gasteiger partial charge >= 0.3 is 17.1 Å². The molecule has 0 aromatic rings. The Morgan fingerprint density at radius 2 is 1.07 bits per heavy atom. The number of rotatable bonds is 8. The normalized spacial score (nSPS) is 8.80. The van der Waals surface area contributed by atoms with Crippen molar-refractivity contribution in [3.63, 3.8) is 0 Å². The van der Waals surface area contributed by atoms with Crippen LogP contribution in [0.4, 0.5) is 0 Å². The van der Waals surface area contributed by atoms with Crippen molar-refractivity contribution in [3.05, 3.63) is 22.1 Å². The molecule has 97 valence electrons. The summed E-state index contributed by atoms with van der Waals surface area (Å²) in [6, 6.07) is 0. The van der Waals surface area contributed by atoms with E-state index in [0.29, 0.717) is 39.3 Å². The maximum atomic E-state index is 8.14. The van der Waals surface area contributed by atoms with Gasteiger partial charge in [-0.3, -0.25) is 0 Å². The molecule has 0 rings (SSSR count). The van der Waals surface area contributed by atoms with Crippen LogP contribution < -0.4 is 0 Å². The van der Waals surface area contributed by atoms with Crippen LogP contribution in [0.5, 0.6) is 0 Å². The summed E-state index contributed by atoms with van der Waals surface area (Å²) in [5.41, 5.74) is 13.2. The molecular weight excluding hydrogens is 248 g/mol.